The van der Waals surface area contributed by atoms with Crippen LogP contribution in [0.15, 0.2) is 54.7 Å². The monoisotopic (exact) mass is 470 g/mol. The summed E-state index contributed by atoms with van der Waals surface area (Å²) in [6.45, 7) is 6.41. The fourth-order valence-electron chi connectivity index (χ4n) is 3.65. The van der Waals surface area contributed by atoms with E-state index in [0.717, 1.165) is 36.7 Å². The molecule has 0 aliphatic carbocycles. The van der Waals surface area contributed by atoms with E-state index < -0.39 is 11.7 Å². The third kappa shape index (κ3) is 7.20. The molecule has 0 amide bonds. The van der Waals surface area contributed by atoms with Gasteiger partial charge in [0.25, 0.3) is 0 Å². The van der Waals surface area contributed by atoms with Crippen molar-refractivity contribution in [2.45, 2.75) is 71.4 Å². The molecule has 7 heteroatoms. The zero-order valence-corrected chi connectivity index (χ0v) is 20.0. The number of rotatable bonds is 11. The average Bonchev–Trinajstić information content (AvgIpc) is 2.82. The van der Waals surface area contributed by atoms with Gasteiger partial charge in [-0.15, -0.1) is 0 Å². The summed E-state index contributed by atoms with van der Waals surface area (Å²) in [6.07, 6.45) is 3.05. The van der Waals surface area contributed by atoms with Crippen molar-refractivity contribution in [3.63, 3.8) is 0 Å². The second-order valence-electron chi connectivity index (χ2n) is 8.64. The predicted octanol–water partition coefficient (Wildman–Crippen LogP) is 8.62. The number of unbranched alkanes of at least 4 members (excludes halogenated alkanes) is 3. The summed E-state index contributed by atoms with van der Waals surface area (Å²) in [4.78, 5) is 8.04. The fraction of sp³-hybridized carbons (Fsp3) is 0.407. The van der Waals surface area contributed by atoms with E-state index >= 15 is 0 Å². The van der Waals surface area contributed by atoms with E-state index in [1.165, 1.54) is 24.8 Å². The first-order valence-electron chi connectivity index (χ1n) is 12.0. The van der Waals surface area contributed by atoms with Crippen LogP contribution in [0.4, 0.5) is 36.3 Å². The molecule has 0 saturated heterocycles. The lowest BCUT2D eigenvalue weighted by atomic mass is 9.99. The fourth-order valence-corrected chi connectivity index (χ4v) is 3.65. The quantitative estimate of drug-likeness (QED) is 0.275. The highest BCUT2D eigenvalue weighted by Crippen LogP contribution is 2.35. The number of alkyl halides is 3. The number of hydrogen-bond donors (Lipinski definition) is 2. The van der Waals surface area contributed by atoms with Gasteiger partial charge < -0.3 is 10.6 Å². The molecule has 1 atom stereocenters. The second-order valence-corrected chi connectivity index (χ2v) is 8.64. The molecule has 0 radical (unpaired) electrons. The van der Waals surface area contributed by atoms with Crippen LogP contribution in [0, 0.1) is 0 Å². The van der Waals surface area contributed by atoms with E-state index in [1.54, 1.807) is 12.1 Å². The SMILES string of the molecule is CCCCCCc1ccc(Nc2ncc(C(F)(F)F)c(Nc3ccc(C(C)CC)cc3)n2)cc1. The smallest absolute Gasteiger partial charge is 0.340 e. The summed E-state index contributed by atoms with van der Waals surface area (Å²) in [5, 5.41) is 5.84. The number of aromatic nitrogens is 2. The molecule has 0 aliphatic heterocycles. The highest BCUT2D eigenvalue weighted by molar-refractivity contribution is 5.63. The number of halogens is 3. The number of aryl methyl sites for hydroxylation is 1. The van der Waals surface area contributed by atoms with E-state index in [9.17, 15) is 13.2 Å². The summed E-state index contributed by atoms with van der Waals surface area (Å²) in [5.41, 5.74) is 2.73. The molecule has 0 bridgehead atoms. The third-order valence-electron chi connectivity index (χ3n) is 5.98. The normalized spacial score (nSPS) is 12.4. The number of hydrogen-bond acceptors (Lipinski definition) is 4. The van der Waals surface area contributed by atoms with Gasteiger partial charge in [0.2, 0.25) is 5.95 Å². The first kappa shape index (κ1) is 25.5. The van der Waals surface area contributed by atoms with Gasteiger partial charge in [-0.1, -0.05) is 64.3 Å². The Balaban J connectivity index is 1.75. The molecule has 182 valence electrons. The van der Waals surface area contributed by atoms with Crippen molar-refractivity contribution in [1.82, 2.24) is 9.97 Å². The van der Waals surface area contributed by atoms with Crippen LogP contribution in [-0.4, -0.2) is 9.97 Å². The lowest BCUT2D eigenvalue weighted by molar-refractivity contribution is -0.137. The Morgan fingerprint density at radius 3 is 2.12 bits per heavy atom. The Labute approximate surface area is 200 Å². The van der Waals surface area contributed by atoms with Crippen molar-refractivity contribution in [2.75, 3.05) is 10.6 Å². The molecular weight excluding hydrogens is 437 g/mol. The van der Waals surface area contributed by atoms with Crippen LogP contribution in [0.5, 0.6) is 0 Å². The van der Waals surface area contributed by atoms with Crippen LogP contribution in [-0.2, 0) is 12.6 Å². The predicted molar refractivity (Wildman–Crippen MR) is 133 cm³/mol. The third-order valence-corrected chi connectivity index (χ3v) is 5.98. The van der Waals surface area contributed by atoms with E-state index in [2.05, 4.69) is 41.4 Å². The lowest BCUT2D eigenvalue weighted by Gasteiger charge is -2.16. The Morgan fingerprint density at radius 1 is 0.853 bits per heavy atom. The summed E-state index contributed by atoms with van der Waals surface area (Å²) in [7, 11) is 0. The van der Waals surface area contributed by atoms with E-state index in [-0.39, 0.29) is 11.8 Å². The molecule has 4 nitrogen and oxygen atoms in total. The first-order valence-corrected chi connectivity index (χ1v) is 12.0. The van der Waals surface area contributed by atoms with Crippen LogP contribution < -0.4 is 10.6 Å². The van der Waals surface area contributed by atoms with Gasteiger partial charge in [0.1, 0.15) is 11.4 Å². The molecule has 1 unspecified atom stereocenters. The number of nitrogens with zero attached hydrogens (tertiary/aromatic N) is 2. The zero-order chi connectivity index (χ0) is 24.6. The molecule has 1 aromatic heterocycles. The van der Waals surface area contributed by atoms with Crippen LogP contribution in [0.3, 0.4) is 0 Å². The number of nitrogens with one attached hydrogen (secondary N) is 2. The van der Waals surface area contributed by atoms with E-state index in [4.69, 9.17) is 0 Å². The molecule has 2 aromatic carbocycles. The molecule has 1 heterocycles. The van der Waals surface area contributed by atoms with Gasteiger partial charge in [-0.05, 0) is 60.6 Å². The Morgan fingerprint density at radius 2 is 1.50 bits per heavy atom. The second kappa shape index (κ2) is 11.9. The molecule has 0 spiro atoms. The van der Waals surface area contributed by atoms with Gasteiger partial charge in [0.05, 0.1) is 0 Å². The molecule has 0 fully saturated rings. The van der Waals surface area contributed by atoms with Crippen molar-refractivity contribution in [3.05, 3.63) is 71.4 Å². The van der Waals surface area contributed by atoms with Gasteiger partial charge in [0, 0.05) is 17.6 Å². The summed E-state index contributed by atoms with van der Waals surface area (Å²) in [6, 6.07) is 15.2. The highest BCUT2D eigenvalue weighted by Gasteiger charge is 2.35. The van der Waals surface area contributed by atoms with Gasteiger partial charge in [0.15, 0.2) is 0 Å². The van der Waals surface area contributed by atoms with Gasteiger partial charge in [-0.3, -0.25) is 0 Å². The molecule has 3 rings (SSSR count). The number of anilines is 4. The molecule has 0 saturated carbocycles. The lowest BCUT2D eigenvalue weighted by Crippen LogP contribution is -2.12. The molecular formula is C27H33F3N4. The maximum atomic E-state index is 13.6. The van der Waals surface area contributed by atoms with Gasteiger partial charge in [-0.25, -0.2) is 4.98 Å². The first-order chi connectivity index (χ1) is 16.3. The minimum atomic E-state index is -4.57. The Bertz CT molecular complexity index is 1030. The minimum Gasteiger partial charge on any atom is -0.340 e. The van der Waals surface area contributed by atoms with E-state index in [1.807, 2.05) is 36.4 Å². The van der Waals surface area contributed by atoms with Crippen molar-refractivity contribution in [2.24, 2.45) is 0 Å². The standard InChI is InChI=1S/C27H33F3N4/c1-4-6-7-8-9-20-10-14-23(15-11-20)33-26-31-18-24(27(28,29)30)25(34-26)32-22-16-12-21(13-17-22)19(3)5-2/h10-19H,4-9H2,1-3H3,(H2,31,32,33,34). The molecule has 2 N–H and O–H groups in total. The molecule has 34 heavy (non-hydrogen) atoms. The minimum absolute atomic E-state index is 0.0995. The summed E-state index contributed by atoms with van der Waals surface area (Å²) >= 11 is 0. The van der Waals surface area contributed by atoms with Crippen LogP contribution in [0.2, 0.25) is 0 Å². The van der Waals surface area contributed by atoms with Gasteiger partial charge in [-0.2, -0.15) is 18.2 Å². The highest BCUT2D eigenvalue weighted by atomic mass is 19.4. The van der Waals surface area contributed by atoms with Gasteiger partial charge >= 0.3 is 6.18 Å². The molecule has 3 aromatic rings. The Kier molecular flexibility index (Phi) is 8.91. The van der Waals surface area contributed by atoms with Crippen LogP contribution in [0.25, 0.3) is 0 Å². The zero-order valence-electron chi connectivity index (χ0n) is 20.0. The Hall–Kier alpha value is -3.09. The van der Waals surface area contributed by atoms with Crippen molar-refractivity contribution < 1.29 is 13.2 Å². The maximum Gasteiger partial charge on any atom is 0.421 e. The summed E-state index contributed by atoms with van der Waals surface area (Å²) in [5.74, 6) is 0.202. The summed E-state index contributed by atoms with van der Waals surface area (Å²) < 4.78 is 40.7. The van der Waals surface area contributed by atoms with Crippen LogP contribution >= 0.6 is 0 Å². The largest absolute Gasteiger partial charge is 0.421 e. The molecule has 0 aliphatic rings. The number of benzene rings is 2. The van der Waals surface area contributed by atoms with Crippen molar-refractivity contribution in [3.8, 4) is 0 Å². The van der Waals surface area contributed by atoms with E-state index in [0.29, 0.717) is 11.6 Å². The topological polar surface area (TPSA) is 49.8 Å². The maximum absolute atomic E-state index is 13.6. The average molecular weight is 471 g/mol. The van der Waals surface area contributed by atoms with Crippen molar-refractivity contribution >= 4 is 23.1 Å². The van der Waals surface area contributed by atoms with Crippen molar-refractivity contribution in [1.29, 1.82) is 0 Å². The van der Waals surface area contributed by atoms with Crippen LogP contribution in [0.1, 0.15) is 75.5 Å².